The summed E-state index contributed by atoms with van der Waals surface area (Å²) in [6.07, 6.45) is 5.09. The summed E-state index contributed by atoms with van der Waals surface area (Å²) in [5, 5.41) is 3.04. The Morgan fingerprint density at radius 2 is 2.00 bits per heavy atom. The maximum absolute atomic E-state index is 11.9. The molecule has 98 valence electrons. The molecule has 1 saturated heterocycles. The van der Waals surface area contributed by atoms with Crippen molar-refractivity contribution >= 4 is 5.91 Å². The number of nitrogens with one attached hydrogen (secondary N) is 1. The van der Waals surface area contributed by atoms with Crippen LogP contribution in [-0.4, -0.2) is 31.7 Å². The van der Waals surface area contributed by atoms with Gasteiger partial charge in [0.15, 0.2) is 0 Å². The van der Waals surface area contributed by atoms with Gasteiger partial charge in [-0.15, -0.1) is 0 Å². The minimum absolute atomic E-state index is 0.0774. The third-order valence-corrected chi connectivity index (χ3v) is 4.16. The van der Waals surface area contributed by atoms with Crippen molar-refractivity contribution in [2.75, 3.05) is 19.8 Å². The van der Waals surface area contributed by atoms with E-state index in [1.807, 2.05) is 0 Å². The molecule has 17 heavy (non-hydrogen) atoms. The molecule has 0 aromatic heterocycles. The lowest BCUT2D eigenvalue weighted by molar-refractivity contribution is -0.125. The smallest absolute Gasteiger partial charge is 0.227 e. The number of hydrogen-bond donors (Lipinski definition) is 2. The highest BCUT2D eigenvalue weighted by molar-refractivity contribution is 5.79. The van der Waals surface area contributed by atoms with Crippen LogP contribution < -0.4 is 11.1 Å². The highest BCUT2D eigenvalue weighted by Gasteiger charge is 2.31. The van der Waals surface area contributed by atoms with Crippen LogP contribution in [0.25, 0.3) is 0 Å². The van der Waals surface area contributed by atoms with Crippen LogP contribution in [0.2, 0.25) is 0 Å². The molecule has 2 unspecified atom stereocenters. The lowest BCUT2D eigenvalue weighted by Gasteiger charge is -2.26. The van der Waals surface area contributed by atoms with Gasteiger partial charge in [-0.25, -0.2) is 0 Å². The van der Waals surface area contributed by atoms with Gasteiger partial charge in [-0.1, -0.05) is 19.8 Å². The molecule has 2 aliphatic rings. The Morgan fingerprint density at radius 3 is 2.59 bits per heavy atom. The van der Waals surface area contributed by atoms with E-state index in [4.69, 9.17) is 10.5 Å². The molecule has 0 bridgehead atoms. The molecule has 0 radical (unpaired) electrons. The maximum atomic E-state index is 11.9. The lowest BCUT2D eigenvalue weighted by atomic mass is 9.83. The average Bonchev–Trinajstić information content (AvgIpc) is 2.74. The van der Waals surface area contributed by atoms with Crippen molar-refractivity contribution in [3.63, 3.8) is 0 Å². The van der Waals surface area contributed by atoms with Crippen molar-refractivity contribution in [3.05, 3.63) is 0 Å². The van der Waals surface area contributed by atoms with E-state index in [-0.39, 0.29) is 17.9 Å². The number of rotatable bonds is 3. The Labute approximate surface area is 103 Å². The molecule has 2 fully saturated rings. The van der Waals surface area contributed by atoms with Crippen LogP contribution in [-0.2, 0) is 9.53 Å². The van der Waals surface area contributed by atoms with E-state index in [0.29, 0.717) is 19.1 Å². The standard InChI is InChI=1S/C13H24N2O2/c1-9-2-4-10(5-3-9)6-15-13(16)11-7-17-8-12(11)14/h9-12H,2-8,14H2,1H3,(H,15,16). The van der Waals surface area contributed by atoms with E-state index in [0.717, 1.165) is 12.5 Å². The second-order valence-electron chi connectivity index (χ2n) is 5.68. The highest BCUT2D eigenvalue weighted by Crippen LogP contribution is 2.27. The molecular formula is C13H24N2O2. The Morgan fingerprint density at radius 1 is 1.29 bits per heavy atom. The number of hydrogen-bond acceptors (Lipinski definition) is 3. The van der Waals surface area contributed by atoms with Gasteiger partial charge in [-0.3, -0.25) is 4.79 Å². The fraction of sp³-hybridized carbons (Fsp3) is 0.923. The molecule has 1 saturated carbocycles. The second kappa shape index (κ2) is 5.83. The molecule has 4 nitrogen and oxygen atoms in total. The van der Waals surface area contributed by atoms with Gasteiger partial charge in [-0.05, 0) is 24.7 Å². The molecule has 2 atom stereocenters. The van der Waals surface area contributed by atoms with Gasteiger partial charge >= 0.3 is 0 Å². The van der Waals surface area contributed by atoms with Gasteiger partial charge in [0.05, 0.1) is 19.1 Å². The second-order valence-corrected chi connectivity index (χ2v) is 5.68. The SMILES string of the molecule is CC1CCC(CNC(=O)C2COCC2N)CC1. The summed E-state index contributed by atoms with van der Waals surface area (Å²) < 4.78 is 5.21. The Balaban J connectivity index is 1.69. The van der Waals surface area contributed by atoms with Gasteiger partial charge in [0.1, 0.15) is 0 Å². The normalized spacial score (nSPS) is 38.0. The van der Waals surface area contributed by atoms with Gasteiger partial charge in [0, 0.05) is 12.6 Å². The van der Waals surface area contributed by atoms with Crippen LogP contribution in [0, 0.1) is 17.8 Å². The fourth-order valence-corrected chi connectivity index (χ4v) is 2.75. The van der Waals surface area contributed by atoms with Crippen LogP contribution in [0.3, 0.4) is 0 Å². The van der Waals surface area contributed by atoms with Gasteiger partial charge in [0.2, 0.25) is 5.91 Å². The van der Waals surface area contributed by atoms with E-state index >= 15 is 0 Å². The largest absolute Gasteiger partial charge is 0.379 e. The average molecular weight is 240 g/mol. The number of amides is 1. The van der Waals surface area contributed by atoms with Crippen molar-refractivity contribution in [3.8, 4) is 0 Å². The number of ether oxygens (including phenoxy) is 1. The predicted molar refractivity (Wildman–Crippen MR) is 66.4 cm³/mol. The van der Waals surface area contributed by atoms with Crippen molar-refractivity contribution < 1.29 is 9.53 Å². The quantitative estimate of drug-likeness (QED) is 0.770. The first-order valence-corrected chi connectivity index (χ1v) is 6.78. The summed E-state index contributed by atoms with van der Waals surface area (Å²) in [6.45, 7) is 4.12. The Hall–Kier alpha value is -0.610. The highest BCUT2D eigenvalue weighted by atomic mass is 16.5. The Bertz CT molecular complexity index is 262. The third kappa shape index (κ3) is 3.42. The van der Waals surface area contributed by atoms with Gasteiger partial charge < -0.3 is 15.8 Å². The molecule has 0 aromatic carbocycles. The first-order chi connectivity index (χ1) is 8.16. The van der Waals surface area contributed by atoms with Crippen molar-refractivity contribution in [2.45, 2.75) is 38.6 Å². The zero-order chi connectivity index (χ0) is 12.3. The van der Waals surface area contributed by atoms with E-state index in [2.05, 4.69) is 12.2 Å². The number of nitrogens with two attached hydrogens (primary N) is 1. The third-order valence-electron chi connectivity index (χ3n) is 4.16. The first kappa shape index (κ1) is 12.8. The fourth-order valence-electron chi connectivity index (χ4n) is 2.75. The molecule has 0 aromatic rings. The molecular weight excluding hydrogens is 216 g/mol. The van der Waals surface area contributed by atoms with E-state index in [9.17, 15) is 4.79 Å². The van der Waals surface area contributed by atoms with Crippen molar-refractivity contribution in [2.24, 2.45) is 23.5 Å². The van der Waals surface area contributed by atoms with Gasteiger partial charge in [0.25, 0.3) is 0 Å². The molecule has 0 spiro atoms. The summed E-state index contributed by atoms with van der Waals surface area (Å²) in [6, 6.07) is -0.124. The molecule has 2 rings (SSSR count). The number of carbonyl (C=O) groups excluding carboxylic acids is 1. The topological polar surface area (TPSA) is 64.3 Å². The van der Waals surface area contributed by atoms with E-state index < -0.39 is 0 Å². The summed E-state index contributed by atoms with van der Waals surface area (Å²) in [4.78, 5) is 11.9. The summed E-state index contributed by atoms with van der Waals surface area (Å²) in [5.74, 6) is 1.46. The van der Waals surface area contributed by atoms with Crippen LogP contribution in [0.4, 0.5) is 0 Å². The van der Waals surface area contributed by atoms with E-state index in [1.165, 1.54) is 25.7 Å². The minimum Gasteiger partial charge on any atom is -0.379 e. The zero-order valence-electron chi connectivity index (χ0n) is 10.7. The Kier molecular flexibility index (Phi) is 4.40. The molecule has 3 N–H and O–H groups in total. The first-order valence-electron chi connectivity index (χ1n) is 6.78. The monoisotopic (exact) mass is 240 g/mol. The lowest BCUT2D eigenvalue weighted by Crippen LogP contribution is -2.42. The van der Waals surface area contributed by atoms with Crippen LogP contribution >= 0.6 is 0 Å². The molecule has 1 aliphatic heterocycles. The summed E-state index contributed by atoms with van der Waals surface area (Å²) in [5.41, 5.74) is 5.82. The van der Waals surface area contributed by atoms with Crippen LogP contribution in [0.5, 0.6) is 0 Å². The molecule has 4 heteroatoms. The minimum atomic E-state index is -0.141. The molecule has 1 aliphatic carbocycles. The summed E-state index contributed by atoms with van der Waals surface area (Å²) in [7, 11) is 0. The van der Waals surface area contributed by atoms with Gasteiger partial charge in [-0.2, -0.15) is 0 Å². The molecule has 1 amide bonds. The van der Waals surface area contributed by atoms with Crippen LogP contribution in [0.1, 0.15) is 32.6 Å². The summed E-state index contributed by atoms with van der Waals surface area (Å²) >= 11 is 0. The van der Waals surface area contributed by atoms with Crippen molar-refractivity contribution in [1.82, 2.24) is 5.32 Å². The maximum Gasteiger partial charge on any atom is 0.227 e. The predicted octanol–water partition coefficient (Wildman–Crippen LogP) is 0.903. The number of carbonyl (C=O) groups is 1. The van der Waals surface area contributed by atoms with Crippen LogP contribution in [0.15, 0.2) is 0 Å². The van der Waals surface area contributed by atoms with E-state index in [1.54, 1.807) is 0 Å². The molecule has 1 heterocycles. The zero-order valence-corrected chi connectivity index (χ0v) is 10.7. The van der Waals surface area contributed by atoms with Crippen molar-refractivity contribution in [1.29, 1.82) is 0 Å².